The predicted octanol–water partition coefficient (Wildman–Crippen LogP) is 4.96. The van der Waals surface area contributed by atoms with Crippen LogP contribution in [0.4, 0.5) is 10.1 Å². The van der Waals surface area contributed by atoms with Crippen LogP contribution in [-0.4, -0.2) is 36.3 Å². The highest BCUT2D eigenvalue weighted by atomic mass is 35.5. The van der Waals surface area contributed by atoms with Gasteiger partial charge in [-0.15, -0.1) is 0 Å². The van der Waals surface area contributed by atoms with E-state index in [4.69, 9.17) is 11.6 Å². The second-order valence-electron chi connectivity index (χ2n) is 7.23. The number of nitrogens with one attached hydrogen (secondary N) is 1. The number of rotatable bonds is 2. The number of pyridine rings is 1. The van der Waals surface area contributed by atoms with E-state index in [0.29, 0.717) is 16.0 Å². The third kappa shape index (κ3) is 3.07. The molecule has 0 radical (unpaired) electrons. The zero-order valence-electron chi connectivity index (χ0n) is 15.6. The Kier molecular flexibility index (Phi) is 4.49. The lowest BCUT2D eigenvalue weighted by molar-refractivity contribution is 0.476. The monoisotopic (exact) mass is 407 g/mol. The summed E-state index contributed by atoms with van der Waals surface area (Å²) in [5.41, 5.74) is 2.04. The molecule has 0 atom stereocenters. The van der Waals surface area contributed by atoms with Gasteiger partial charge in [-0.3, -0.25) is 4.98 Å². The van der Waals surface area contributed by atoms with Gasteiger partial charge >= 0.3 is 0 Å². The summed E-state index contributed by atoms with van der Waals surface area (Å²) in [6.45, 7) is 3.45. The summed E-state index contributed by atoms with van der Waals surface area (Å²) in [6.07, 6.45) is 1.64. The highest BCUT2D eigenvalue weighted by Crippen LogP contribution is 2.42. The Morgan fingerprint density at radius 2 is 1.83 bits per heavy atom. The van der Waals surface area contributed by atoms with Crippen LogP contribution in [0.1, 0.15) is 0 Å². The van der Waals surface area contributed by atoms with E-state index in [1.165, 1.54) is 0 Å². The molecule has 1 aliphatic rings. The number of aromatic hydroxyl groups is 1. The maximum atomic E-state index is 15.8. The molecule has 146 valence electrons. The van der Waals surface area contributed by atoms with E-state index < -0.39 is 5.82 Å². The number of hydrogen-bond donors (Lipinski definition) is 2. The molecule has 0 amide bonds. The molecule has 2 heterocycles. The Bertz CT molecular complexity index is 1240. The van der Waals surface area contributed by atoms with Crippen LogP contribution in [0.2, 0.25) is 5.02 Å². The second-order valence-corrected chi connectivity index (χ2v) is 7.63. The Hall–Kier alpha value is -2.89. The van der Waals surface area contributed by atoms with E-state index in [1.54, 1.807) is 24.4 Å². The van der Waals surface area contributed by atoms with Crippen LogP contribution in [0.3, 0.4) is 0 Å². The number of fused-ring (bicyclic) bond motifs is 2. The lowest BCUT2D eigenvalue weighted by Crippen LogP contribution is -2.43. The SMILES string of the molecule is Oc1cc(-c2c(Cl)cc3c(N4CCNCC4)ccnc3c2F)c2ccccc2c1. The molecule has 1 aromatic heterocycles. The first kappa shape index (κ1) is 18.2. The molecule has 1 aliphatic heterocycles. The molecule has 0 unspecified atom stereocenters. The second kappa shape index (κ2) is 7.17. The Morgan fingerprint density at radius 1 is 1.03 bits per heavy atom. The van der Waals surface area contributed by atoms with Gasteiger partial charge in [0.1, 0.15) is 11.3 Å². The van der Waals surface area contributed by atoms with E-state index in [2.05, 4.69) is 15.2 Å². The minimum absolute atomic E-state index is 0.0665. The number of phenolic OH excluding ortho intramolecular Hbond substituents is 1. The van der Waals surface area contributed by atoms with Crippen molar-refractivity contribution in [1.29, 1.82) is 0 Å². The molecule has 5 rings (SSSR count). The first-order chi connectivity index (χ1) is 14.1. The van der Waals surface area contributed by atoms with Gasteiger partial charge in [0.15, 0.2) is 5.82 Å². The Morgan fingerprint density at radius 3 is 2.66 bits per heavy atom. The van der Waals surface area contributed by atoms with E-state index in [9.17, 15) is 5.11 Å². The summed E-state index contributed by atoms with van der Waals surface area (Å²) in [7, 11) is 0. The minimum Gasteiger partial charge on any atom is -0.508 e. The van der Waals surface area contributed by atoms with Crippen LogP contribution in [-0.2, 0) is 0 Å². The Balaban J connectivity index is 1.77. The zero-order valence-corrected chi connectivity index (χ0v) is 16.4. The summed E-state index contributed by atoms with van der Waals surface area (Å²) < 4.78 is 15.8. The maximum Gasteiger partial charge on any atom is 0.158 e. The molecule has 4 aromatic rings. The third-order valence-corrected chi connectivity index (χ3v) is 5.78. The van der Waals surface area contributed by atoms with Gasteiger partial charge in [-0.1, -0.05) is 35.9 Å². The number of benzene rings is 3. The molecule has 0 aliphatic carbocycles. The van der Waals surface area contributed by atoms with Crippen molar-refractivity contribution in [2.45, 2.75) is 0 Å². The summed E-state index contributed by atoms with van der Waals surface area (Å²) in [5.74, 6) is -0.406. The first-order valence-electron chi connectivity index (χ1n) is 9.58. The van der Waals surface area contributed by atoms with Crippen LogP contribution in [0.25, 0.3) is 32.8 Å². The van der Waals surface area contributed by atoms with Gasteiger partial charge in [-0.25, -0.2) is 4.39 Å². The number of piperazine rings is 1. The fraction of sp³-hybridized carbons (Fsp3) is 0.174. The average Bonchev–Trinajstić information content (AvgIpc) is 2.74. The summed E-state index contributed by atoms with van der Waals surface area (Å²) in [5, 5.41) is 16.2. The fourth-order valence-corrected chi connectivity index (χ4v) is 4.43. The molecule has 29 heavy (non-hydrogen) atoms. The van der Waals surface area contributed by atoms with Crippen LogP contribution < -0.4 is 10.2 Å². The summed E-state index contributed by atoms with van der Waals surface area (Å²) in [6, 6.07) is 14.5. The lowest BCUT2D eigenvalue weighted by Gasteiger charge is -2.30. The number of nitrogens with zero attached hydrogens (tertiary/aromatic N) is 2. The maximum absolute atomic E-state index is 15.8. The number of phenols is 1. The molecule has 4 nitrogen and oxygen atoms in total. The standard InChI is InChI=1S/C23H19ClFN3O/c24-19-13-18-20(28-9-7-26-8-10-28)5-6-27-23(18)22(25)21(19)17-12-15(29)11-14-3-1-2-4-16(14)17/h1-6,11-13,26,29H,7-10H2. The van der Waals surface area contributed by atoms with Gasteiger partial charge < -0.3 is 15.3 Å². The van der Waals surface area contributed by atoms with Crippen molar-refractivity contribution in [3.05, 3.63) is 65.6 Å². The molecule has 2 N–H and O–H groups in total. The fourth-order valence-electron chi connectivity index (χ4n) is 4.13. The minimum atomic E-state index is -0.472. The summed E-state index contributed by atoms with van der Waals surface area (Å²) in [4.78, 5) is 6.55. The number of anilines is 1. The third-order valence-electron chi connectivity index (χ3n) is 5.48. The smallest absolute Gasteiger partial charge is 0.158 e. The molecule has 0 bridgehead atoms. The van der Waals surface area contributed by atoms with Gasteiger partial charge in [0, 0.05) is 49.0 Å². The van der Waals surface area contributed by atoms with Crippen molar-refractivity contribution in [3.63, 3.8) is 0 Å². The van der Waals surface area contributed by atoms with E-state index in [0.717, 1.165) is 42.6 Å². The number of hydrogen-bond acceptors (Lipinski definition) is 4. The topological polar surface area (TPSA) is 48.4 Å². The number of aromatic nitrogens is 1. The molecule has 6 heteroatoms. The lowest BCUT2D eigenvalue weighted by atomic mass is 9.96. The van der Waals surface area contributed by atoms with Gasteiger partial charge in [0.25, 0.3) is 0 Å². The summed E-state index contributed by atoms with van der Waals surface area (Å²) >= 11 is 6.63. The van der Waals surface area contributed by atoms with Gasteiger partial charge in [-0.05, 0) is 40.6 Å². The predicted molar refractivity (Wildman–Crippen MR) is 116 cm³/mol. The number of halogens is 2. The average molecular weight is 408 g/mol. The van der Waals surface area contributed by atoms with Crippen LogP contribution >= 0.6 is 11.6 Å². The molecule has 1 fully saturated rings. The van der Waals surface area contributed by atoms with Gasteiger partial charge in [0.2, 0.25) is 0 Å². The molecule has 0 saturated carbocycles. The molecular formula is C23H19ClFN3O. The van der Waals surface area contributed by atoms with E-state index in [-0.39, 0.29) is 16.8 Å². The molecule has 1 saturated heterocycles. The van der Waals surface area contributed by atoms with Crippen molar-refractivity contribution < 1.29 is 9.50 Å². The highest BCUT2D eigenvalue weighted by molar-refractivity contribution is 6.35. The van der Waals surface area contributed by atoms with Crippen molar-refractivity contribution in [2.24, 2.45) is 0 Å². The molecular weight excluding hydrogens is 389 g/mol. The van der Waals surface area contributed by atoms with Crippen molar-refractivity contribution >= 4 is 39.0 Å². The highest BCUT2D eigenvalue weighted by Gasteiger charge is 2.21. The van der Waals surface area contributed by atoms with Crippen molar-refractivity contribution in [2.75, 3.05) is 31.1 Å². The largest absolute Gasteiger partial charge is 0.508 e. The van der Waals surface area contributed by atoms with Crippen molar-refractivity contribution in [3.8, 4) is 16.9 Å². The van der Waals surface area contributed by atoms with Crippen LogP contribution in [0, 0.1) is 5.82 Å². The quantitative estimate of drug-likeness (QED) is 0.493. The zero-order chi connectivity index (χ0) is 20.0. The van der Waals surface area contributed by atoms with E-state index >= 15 is 4.39 Å². The van der Waals surface area contributed by atoms with Gasteiger partial charge in [0.05, 0.1) is 5.02 Å². The molecule has 0 spiro atoms. The Labute approximate surface area is 172 Å². The molecule has 3 aromatic carbocycles. The van der Waals surface area contributed by atoms with Gasteiger partial charge in [-0.2, -0.15) is 0 Å². The van der Waals surface area contributed by atoms with Crippen LogP contribution in [0.15, 0.2) is 54.7 Å². The van der Waals surface area contributed by atoms with Crippen molar-refractivity contribution in [1.82, 2.24) is 10.3 Å². The van der Waals surface area contributed by atoms with Crippen LogP contribution in [0.5, 0.6) is 5.75 Å². The normalized spacial score (nSPS) is 14.6. The first-order valence-corrected chi connectivity index (χ1v) is 9.96. The van der Waals surface area contributed by atoms with E-state index in [1.807, 2.05) is 30.3 Å².